The summed E-state index contributed by atoms with van der Waals surface area (Å²) in [6, 6.07) is 9.61. The third-order valence-corrected chi connectivity index (χ3v) is 14.5. The molecule has 0 aliphatic carbocycles. The highest BCUT2D eigenvalue weighted by Crippen LogP contribution is 2.44. The molecule has 3 saturated heterocycles. The molecule has 24 heteroatoms. The summed E-state index contributed by atoms with van der Waals surface area (Å²) in [5.41, 5.74) is 6.35. The van der Waals surface area contributed by atoms with Gasteiger partial charge in [-0.3, -0.25) is 29.3 Å². The highest BCUT2D eigenvalue weighted by Gasteiger charge is 2.50. The number of imide groups is 1. The Kier molecular flexibility index (Phi) is 20.1. The summed E-state index contributed by atoms with van der Waals surface area (Å²) in [6.45, 7) is 13.0. The van der Waals surface area contributed by atoms with Crippen LogP contribution in [0.3, 0.4) is 0 Å². The summed E-state index contributed by atoms with van der Waals surface area (Å²) in [5.74, 6) is -0.618. The van der Waals surface area contributed by atoms with Crippen molar-refractivity contribution < 1.29 is 47.7 Å². The van der Waals surface area contributed by atoms with Crippen molar-refractivity contribution in [2.24, 2.45) is 5.41 Å². The third-order valence-electron chi connectivity index (χ3n) is 12.9. The van der Waals surface area contributed by atoms with E-state index in [1.54, 1.807) is 42.7 Å². The number of aromatic nitrogens is 4. The van der Waals surface area contributed by atoms with Gasteiger partial charge in [-0.15, -0.1) is 0 Å². The maximum Gasteiger partial charge on any atom is 0.407 e. The first-order chi connectivity index (χ1) is 36.0. The van der Waals surface area contributed by atoms with Gasteiger partial charge in [-0.1, -0.05) is 35.5 Å². The lowest BCUT2D eigenvalue weighted by Crippen LogP contribution is -2.55. The monoisotopic (exact) mass is 1080 g/mol. The number of nitrogen functional groups attached to an aromatic ring is 1. The molecule has 3 fully saturated rings. The summed E-state index contributed by atoms with van der Waals surface area (Å²) in [5, 5.41) is 20.3. The largest absolute Gasteiger partial charge is 0.444 e. The van der Waals surface area contributed by atoms with E-state index in [1.165, 1.54) is 11.8 Å². The Morgan fingerprint density at radius 2 is 1.65 bits per heavy atom. The van der Waals surface area contributed by atoms with Gasteiger partial charge in [0.2, 0.25) is 17.7 Å². The van der Waals surface area contributed by atoms with Gasteiger partial charge in [-0.2, -0.15) is 5.10 Å². The number of halogens is 1. The first-order valence-electron chi connectivity index (χ1n) is 25.3. The minimum Gasteiger partial charge on any atom is -0.444 e. The second-order valence-electron chi connectivity index (χ2n) is 19.7. The van der Waals surface area contributed by atoms with E-state index in [-0.39, 0.29) is 66.8 Å². The van der Waals surface area contributed by atoms with Crippen LogP contribution in [0.1, 0.15) is 85.1 Å². The predicted octanol–water partition coefficient (Wildman–Crippen LogP) is 5.23. The van der Waals surface area contributed by atoms with Gasteiger partial charge in [0.15, 0.2) is 5.82 Å². The molecule has 22 nitrogen and oxygen atoms in total. The Morgan fingerprint density at radius 3 is 2.36 bits per heavy atom. The number of ether oxygens (including phenoxy) is 5. The molecule has 4 aromatic rings. The van der Waals surface area contributed by atoms with Crippen LogP contribution in [0.15, 0.2) is 63.5 Å². The number of nitrogens with zero attached hydrogens (tertiary/aromatic N) is 5. The number of hydrogen-bond acceptors (Lipinski definition) is 18. The number of anilines is 4. The van der Waals surface area contributed by atoms with E-state index >= 15 is 0 Å². The molecule has 7 rings (SSSR count). The van der Waals surface area contributed by atoms with Gasteiger partial charge in [0.1, 0.15) is 22.5 Å². The van der Waals surface area contributed by atoms with E-state index in [4.69, 9.17) is 41.0 Å². The number of carbonyl (C=O) groups is 5. The number of nitrogens with one attached hydrogen (secondary N) is 5. The average Bonchev–Trinajstić information content (AvgIpc) is 3.66. The molecular weight excluding hydrogens is 1010 g/mol. The normalized spacial score (nSPS) is 18.5. The van der Waals surface area contributed by atoms with Gasteiger partial charge >= 0.3 is 6.09 Å². The third kappa shape index (κ3) is 16.0. The minimum absolute atomic E-state index is 0.000356. The fraction of sp³-hybridized carbons (Fsp3) is 0.549. The molecule has 3 atom stereocenters. The maximum absolute atomic E-state index is 13.2. The number of piperidine rings is 2. The molecule has 75 heavy (non-hydrogen) atoms. The Morgan fingerprint density at radius 1 is 0.947 bits per heavy atom. The van der Waals surface area contributed by atoms with Crippen molar-refractivity contribution in [3.05, 3.63) is 64.2 Å². The lowest BCUT2D eigenvalue weighted by molar-refractivity contribution is -0.136. The molecule has 2 aromatic heterocycles. The van der Waals surface area contributed by atoms with E-state index in [2.05, 4.69) is 46.6 Å². The smallest absolute Gasteiger partial charge is 0.407 e. The summed E-state index contributed by atoms with van der Waals surface area (Å²) in [6.07, 6.45) is 5.83. The zero-order valence-electron chi connectivity index (χ0n) is 42.9. The number of alkyl carbamates (subject to hydrolysis) is 1. The lowest BCUT2D eigenvalue weighted by Gasteiger charge is -2.43. The molecule has 5 heterocycles. The fourth-order valence-electron chi connectivity index (χ4n) is 9.01. The number of amides is 5. The molecule has 0 radical (unpaired) electrons. The van der Waals surface area contributed by atoms with Crippen molar-refractivity contribution >= 4 is 86.9 Å². The molecule has 2 aromatic carbocycles. The van der Waals surface area contributed by atoms with Crippen LogP contribution >= 0.6 is 23.4 Å². The lowest BCUT2D eigenvalue weighted by atomic mass is 9.73. The quantitative estimate of drug-likeness (QED) is 0.0387. The Balaban J connectivity index is 0.706. The second-order valence-corrected chi connectivity index (χ2v) is 21.1. The minimum atomic E-state index is -0.825. The molecular formula is C51H68ClN11O11S. The number of nitrogens with two attached hydrogens (primary N) is 1. The molecule has 3 aliphatic heterocycles. The molecule has 406 valence electrons. The standard InChI is InChI=1S/C51H68ClN11O11S/c1-32-44(61-49(69)74-50(2,3)4)51(31-73-32)16-20-62(21-17-51)39-30-56-47(45(53)59-39)75-38-9-5-8-36(43(38)52)58-41(65)15-14-40(64)55-19-7-23-71-25-27-72-26-24-70-22-6-18-54-34-11-10-33-29-57-63(48(68)35(33)28-34)37-12-13-42(66)60-46(37)67/h5,8-11,28-30,32,37,44,54H,6-7,12-27,31H2,1-4H3,(H2,53,59)(H,55,64)(H,58,65)(H,61,69)(H,60,66,67)/t32-,37?,44+/m1/s1. The molecule has 3 aliphatic rings. The van der Waals surface area contributed by atoms with Crippen molar-refractivity contribution in [2.75, 3.05) is 93.7 Å². The van der Waals surface area contributed by atoms with Crippen LogP contribution in [-0.2, 0) is 42.9 Å². The first-order valence-corrected chi connectivity index (χ1v) is 26.5. The van der Waals surface area contributed by atoms with E-state index in [9.17, 15) is 28.8 Å². The van der Waals surface area contributed by atoms with Crippen LogP contribution in [0.5, 0.6) is 0 Å². The summed E-state index contributed by atoms with van der Waals surface area (Å²) in [4.78, 5) is 87.0. The van der Waals surface area contributed by atoms with Crippen LogP contribution in [-0.4, -0.2) is 140 Å². The van der Waals surface area contributed by atoms with Gasteiger partial charge in [0.05, 0.1) is 73.7 Å². The van der Waals surface area contributed by atoms with Gasteiger partial charge in [-0.05, 0) is 84.1 Å². The zero-order valence-corrected chi connectivity index (χ0v) is 44.4. The van der Waals surface area contributed by atoms with Crippen LogP contribution in [0, 0.1) is 5.41 Å². The van der Waals surface area contributed by atoms with Gasteiger partial charge in [0.25, 0.3) is 11.5 Å². The Bertz CT molecular complexity index is 2720. The SMILES string of the molecule is C[C@H]1OCC2(CCN(c3cnc(Sc4cccc(NC(=O)CCC(=O)NCCCOCCOCCOCCCNc5ccc6cnn(C7CCC(=O)NC7=O)c(=O)c6c5)c4Cl)c(N)n3)CC2)[C@H]1NC(=O)OC(C)(C)C. The molecule has 0 saturated carbocycles. The summed E-state index contributed by atoms with van der Waals surface area (Å²) in [7, 11) is 0. The number of hydrogen-bond donors (Lipinski definition) is 6. The van der Waals surface area contributed by atoms with E-state index in [0.717, 1.165) is 29.6 Å². The number of carbonyl (C=O) groups excluding carboxylic acids is 5. The highest BCUT2D eigenvalue weighted by atomic mass is 35.5. The summed E-state index contributed by atoms with van der Waals surface area (Å²) < 4.78 is 29.6. The molecule has 1 spiro atoms. The van der Waals surface area contributed by atoms with E-state index < -0.39 is 29.2 Å². The number of benzene rings is 2. The second kappa shape index (κ2) is 26.6. The zero-order chi connectivity index (χ0) is 53.5. The van der Waals surface area contributed by atoms with E-state index in [0.29, 0.717) is 116 Å². The Labute approximate surface area is 444 Å². The first kappa shape index (κ1) is 56.6. The number of fused-ring (bicyclic) bond motifs is 1. The van der Waals surface area contributed by atoms with Gasteiger partial charge < -0.3 is 55.6 Å². The highest BCUT2D eigenvalue weighted by molar-refractivity contribution is 7.99. The van der Waals surface area contributed by atoms with Crippen LogP contribution < -0.4 is 42.8 Å². The molecule has 5 amide bonds. The molecule has 1 unspecified atom stereocenters. The van der Waals surface area contributed by atoms with Crippen molar-refractivity contribution in [3.63, 3.8) is 0 Å². The van der Waals surface area contributed by atoms with Crippen molar-refractivity contribution in [1.82, 2.24) is 35.7 Å². The number of rotatable bonds is 24. The molecule has 0 bridgehead atoms. The molecule has 7 N–H and O–H groups in total. The van der Waals surface area contributed by atoms with Crippen LogP contribution in [0.25, 0.3) is 10.8 Å². The topological polar surface area (TPSA) is 282 Å². The fourth-order valence-corrected chi connectivity index (χ4v) is 10.1. The predicted molar refractivity (Wildman–Crippen MR) is 283 cm³/mol. The van der Waals surface area contributed by atoms with E-state index in [1.807, 2.05) is 33.8 Å². The van der Waals surface area contributed by atoms with Gasteiger partial charge in [0, 0.05) is 80.0 Å². The van der Waals surface area contributed by atoms with Crippen molar-refractivity contribution in [1.29, 1.82) is 0 Å². The average molecular weight is 1080 g/mol. The Hall–Kier alpha value is -6.11. The van der Waals surface area contributed by atoms with Crippen LogP contribution in [0.2, 0.25) is 5.02 Å². The van der Waals surface area contributed by atoms with Gasteiger partial charge in [-0.25, -0.2) is 19.4 Å². The van der Waals surface area contributed by atoms with Crippen molar-refractivity contribution in [3.8, 4) is 0 Å². The van der Waals surface area contributed by atoms with Crippen LogP contribution in [0.4, 0.5) is 27.8 Å². The van der Waals surface area contributed by atoms with Crippen molar-refractivity contribution in [2.45, 2.75) is 113 Å². The maximum atomic E-state index is 13.2. The summed E-state index contributed by atoms with van der Waals surface area (Å²) >= 11 is 7.97.